The lowest BCUT2D eigenvalue weighted by atomic mass is 9.84. The lowest BCUT2D eigenvalue weighted by Gasteiger charge is -2.32. The molecular formula is C13H19BClNO2. The Bertz CT molecular complexity index is 446. The molecule has 1 aliphatic heterocycles. The third-order valence-electron chi connectivity index (χ3n) is 3.72. The first-order valence-corrected chi connectivity index (χ1v) is 6.65. The van der Waals surface area contributed by atoms with Crippen molar-refractivity contribution < 1.29 is 9.31 Å². The molecule has 2 heterocycles. The van der Waals surface area contributed by atoms with Crippen LogP contribution in [0.2, 0.25) is 5.02 Å². The Hall–Kier alpha value is -0.575. The van der Waals surface area contributed by atoms with Crippen molar-refractivity contribution in [2.45, 2.75) is 52.2 Å². The van der Waals surface area contributed by atoms with Gasteiger partial charge in [-0.1, -0.05) is 18.5 Å². The van der Waals surface area contributed by atoms with E-state index >= 15 is 0 Å². The van der Waals surface area contributed by atoms with E-state index in [0.29, 0.717) is 5.02 Å². The highest BCUT2D eigenvalue weighted by atomic mass is 35.5. The van der Waals surface area contributed by atoms with Crippen LogP contribution in [0.25, 0.3) is 0 Å². The molecule has 0 radical (unpaired) electrons. The van der Waals surface area contributed by atoms with Crippen molar-refractivity contribution in [2.24, 2.45) is 0 Å². The number of pyridine rings is 1. The van der Waals surface area contributed by atoms with E-state index in [0.717, 1.165) is 17.7 Å². The summed E-state index contributed by atoms with van der Waals surface area (Å²) in [6.07, 6.45) is 0.840. The van der Waals surface area contributed by atoms with Crippen molar-refractivity contribution >= 4 is 24.3 Å². The number of rotatable bonds is 2. The summed E-state index contributed by atoms with van der Waals surface area (Å²) >= 11 is 6.10. The van der Waals surface area contributed by atoms with Crippen molar-refractivity contribution in [3.05, 3.63) is 22.8 Å². The average molecular weight is 268 g/mol. The quantitative estimate of drug-likeness (QED) is 0.772. The zero-order valence-electron chi connectivity index (χ0n) is 11.6. The zero-order chi connectivity index (χ0) is 13.6. The van der Waals surface area contributed by atoms with Crippen LogP contribution >= 0.6 is 11.6 Å². The summed E-state index contributed by atoms with van der Waals surface area (Å²) in [5.41, 5.74) is 0.993. The second-order valence-corrected chi connectivity index (χ2v) is 6.08. The lowest BCUT2D eigenvalue weighted by Crippen LogP contribution is -2.41. The first kappa shape index (κ1) is 13.8. The molecule has 1 saturated heterocycles. The van der Waals surface area contributed by atoms with Gasteiger partial charge in [-0.15, -0.1) is 0 Å². The van der Waals surface area contributed by atoms with Gasteiger partial charge in [-0.3, -0.25) is 4.98 Å². The van der Waals surface area contributed by atoms with Crippen molar-refractivity contribution in [1.82, 2.24) is 4.98 Å². The van der Waals surface area contributed by atoms with Crippen molar-refractivity contribution in [2.75, 3.05) is 0 Å². The average Bonchev–Trinajstić information content (AvgIpc) is 2.47. The molecule has 0 spiro atoms. The molecule has 3 nitrogen and oxygen atoms in total. The van der Waals surface area contributed by atoms with Crippen molar-refractivity contribution in [3.8, 4) is 0 Å². The van der Waals surface area contributed by atoms with Gasteiger partial charge in [-0.25, -0.2) is 0 Å². The highest BCUT2D eigenvalue weighted by Crippen LogP contribution is 2.36. The fourth-order valence-electron chi connectivity index (χ4n) is 1.84. The summed E-state index contributed by atoms with van der Waals surface area (Å²) in [6.45, 7) is 10.2. The molecule has 1 aliphatic rings. The van der Waals surface area contributed by atoms with Gasteiger partial charge in [0, 0.05) is 10.7 Å². The highest BCUT2D eigenvalue weighted by molar-refractivity contribution is 6.61. The van der Waals surface area contributed by atoms with Gasteiger partial charge in [-0.05, 0) is 46.2 Å². The topological polar surface area (TPSA) is 31.4 Å². The van der Waals surface area contributed by atoms with Crippen LogP contribution in [0.4, 0.5) is 0 Å². The van der Waals surface area contributed by atoms with Gasteiger partial charge >= 0.3 is 7.12 Å². The van der Waals surface area contributed by atoms with Gasteiger partial charge in [0.25, 0.3) is 0 Å². The number of aromatic nitrogens is 1. The molecule has 0 amide bonds. The van der Waals surface area contributed by atoms with E-state index in [1.807, 2.05) is 46.8 Å². The number of halogens is 1. The standard InChI is InChI=1S/C13H19BClNO2/c1-6-10-7-9(15)8-11(16-10)14-17-12(2,3)13(4,5)18-14/h7-8H,6H2,1-5H3. The van der Waals surface area contributed by atoms with Gasteiger partial charge in [0.15, 0.2) is 0 Å². The normalized spacial score (nSPS) is 21.3. The van der Waals surface area contributed by atoms with Crippen LogP contribution in [0.5, 0.6) is 0 Å². The number of aryl methyl sites for hydroxylation is 1. The molecule has 1 aromatic rings. The maximum atomic E-state index is 6.10. The van der Waals surface area contributed by atoms with Crippen LogP contribution in [0.3, 0.4) is 0 Å². The number of nitrogens with zero attached hydrogens (tertiary/aromatic N) is 1. The van der Waals surface area contributed by atoms with E-state index in [9.17, 15) is 0 Å². The highest BCUT2D eigenvalue weighted by Gasteiger charge is 2.52. The molecule has 1 fully saturated rings. The fraction of sp³-hybridized carbons (Fsp3) is 0.615. The molecule has 0 aromatic carbocycles. The summed E-state index contributed by atoms with van der Waals surface area (Å²) in [5.74, 6) is 0. The van der Waals surface area contributed by atoms with E-state index in [4.69, 9.17) is 20.9 Å². The van der Waals surface area contributed by atoms with Gasteiger partial charge in [0.1, 0.15) is 0 Å². The summed E-state index contributed by atoms with van der Waals surface area (Å²) < 4.78 is 11.9. The molecule has 0 unspecified atom stereocenters. The van der Waals surface area contributed by atoms with Crippen LogP contribution < -0.4 is 5.59 Å². The van der Waals surface area contributed by atoms with E-state index in [1.54, 1.807) is 0 Å². The molecule has 0 saturated carbocycles. The summed E-state index contributed by atoms with van der Waals surface area (Å²) in [6, 6.07) is 3.68. The molecule has 1 aromatic heterocycles. The molecule has 0 atom stereocenters. The van der Waals surface area contributed by atoms with Crippen LogP contribution in [0, 0.1) is 0 Å². The molecule has 18 heavy (non-hydrogen) atoms. The maximum absolute atomic E-state index is 6.10. The SMILES string of the molecule is CCc1cc(Cl)cc(B2OC(C)(C)C(C)(C)O2)n1. The van der Waals surface area contributed by atoms with E-state index in [-0.39, 0.29) is 11.2 Å². The van der Waals surface area contributed by atoms with Crippen LogP contribution in [-0.4, -0.2) is 23.3 Å². The van der Waals surface area contributed by atoms with Crippen LogP contribution in [-0.2, 0) is 15.7 Å². The second kappa shape index (κ2) is 4.51. The molecule has 0 N–H and O–H groups in total. The first-order chi connectivity index (χ1) is 8.25. The summed E-state index contributed by atoms with van der Waals surface area (Å²) in [5, 5.41) is 0.673. The molecular weight excluding hydrogens is 248 g/mol. The Balaban J connectivity index is 2.32. The molecule has 0 aliphatic carbocycles. The van der Waals surface area contributed by atoms with Crippen molar-refractivity contribution in [3.63, 3.8) is 0 Å². The minimum atomic E-state index is -0.445. The Labute approximate surface area is 114 Å². The Morgan fingerprint density at radius 3 is 2.22 bits per heavy atom. The van der Waals surface area contributed by atoms with E-state index in [1.165, 1.54) is 0 Å². The number of hydrogen-bond acceptors (Lipinski definition) is 3. The smallest absolute Gasteiger partial charge is 0.398 e. The zero-order valence-corrected chi connectivity index (χ0v) is 12.3. The molecule has 0 bridgehead atoms. The number of hydrogen-bond donors (Lipinski definition) is 0. The first-order valence-electron chi connectivity index (χ1n) is 6.27. The minimum absolute atomic E-state index is 0.353. The van der Waals surface area contributed by atoms with E-state index in [2.05, 4.69) is 4.98 Å². The van der Waals surface area contributed by atoms with E-state index < -0.39 is 7.12 Å². The Kier molecular flexibility index (Phi) is 3.47. The maximum Gasteiger partial charge on any atom is 0.514 e. The molecule has 2 rings (SSSR count). The predicted octanol–water partition coefficient (Wildman–Crippen LogP) is 2.60. The summed E-state index contributed by atoms with van der Waals surface area (Å²) in [7, 11) is -0.445. The third kappa shape index (κ3) is 2.42. The van der Waals surface area contributed by atoms with Gasteiger partial charge in [-0.2, -0.15) is 0 Å². The van der Waals surface area contributed by atoms with Gasteiger partial charge in [0.05, 0.1) is 16.8 Å². The lowest BCUT2D eigenvalue weighted by molar-refractivity contribution is 0.00578. The second-order valence-electron chi connectivity index (χ2n) is 5.64. The Morgan fingerprint density at radius 1 is 1.17 bits per heavy atom. The van der Waals surface area contributed by atoms with Crippen molar-refractivity contribution in [1.29, 1.82) is 0 Å². The monoisotopic (exact) mass is 267 g/mol. The third-order valence-corrected chi connectivity index (χ3v) is 3.94. The largest absolute Gasteiger partial charge is 0.514 e. The Morgan fingerprint density at radius 2 is 1.72 bits per heavy atom. The minimum Gasteiger partial charge on any atom is -0.398 e. The fourth-order valence-corrected chi connectivity index (χ4v) is 2.08. The summed E-state index contributed by atoms with van der Waals surface area (Å²) in [4.78, 5) is 4.53. The van der Waals surface area contributed by atoms with Crippen LogP contribution in [0.1, 0.15) is 40.3 Å². The van der Waals surface area contributed by atoms with Crippen LogP contribution in [0.15, 0.2) is 12.1 Å². The van der Waals surface area contributed by atoms with Gasteiger partial charge < -0.3 is 9.31 Å². The molecule has 98 valence electrons. The molecule has 5 heteroatoms. The van der Waals surface area contributed by atoms with Gasteiger partial charge in [0.2, 0.25) is 0 Å². The predicted molar refractivity (Wildman–Crippen MR) is 74.3 cm³/mol.